The predicted octanol–water partition coefficient (Wildman–Crippen LogP) is 7.19. The van der Waals surface area contributed by atoms with Crippen LogP contribution in [0.3, 0.4) is 0 Å². The first-order valence-corrected chi connectivity index (χ1v) is 11.4. The number of anilines is 2. The fourth-order valence-corrected chi connectivity index (χ4v) is 4.82. The second-order valence-corrected chi connectivity index (χ2v) is 9.58. The third kappa shape index (κ3) is 4.23. The molecule has 0 aliphatic carbocycles. The molecule has 5 nitrogen and oxygen atoms in total. The number of halogens is 4. The van der Waals surface area contributed by atoms with E-state index in [9.17, 15) is 18.0 Å². The van der Waals surface area contributed by atoms with Crippen LogP contribution >= 0.6 is 11.6 Å². The minimum absolute atomic E-state index is 0.127. The molecular formula is C26H21ClF3N3O2. The van der Waals surface area contributed by atoms with Crippen LogP contribution in [0.15, 0.2) is 70.0 Å². The zero-order chi connectivity index (χ0) is 25.0. The van der Waals surface area contributed by atoms with Gasteiger partial charge in [-0.05, 0) is 53.3 Å². The molecule has 1 aromatic heterocycles. The predicted molar refractivity (Wildman–Crippen MR) is 129 cm³/mol. The van der Waals surface area contributed by atoms with Crippen LogP contribution < -0.4 is 10.7 Å². The molecule has 0 amide bonds. The van der Waals surface area contributed by atoms with Gasteiger partial charge in [0.25, 0.3) is 0 Å². The van der Waals surface area contributed by atoms with Crippen molar-refractivity contribution in [2.75, 3.05) is 11.4 Å². The number of rotatable bonds is 3. The normalized spacial score (nSPS) is 15.2. The summed E-state index contributed by atoms with van der Waals surface area (Å²) in [6.45, 7) is 5.02. The number of aromatic nitrogens is 2. The molecule has 0 atom stereocenters. The van der Waals surface area contributed by atoms with E-state index in [0.717, 1.165) is 41.1 Å². The average Bonchev–Trinajstić information content (AvgIpc) is 3.24. The molecule has 0 saturated carbocycles. The van der Waals surface area contributed by atoms with Gasteiger partial charge >= 0.3 is 11.9 Å². The highest BCUT2D eigenvalue weighted by molar-refractivity contribution is 6.33. The molecular weight excluding hydrogens is 479 g/mol. The van der Waals surface area contributed by atoms with E-state index >= 15 is 0 Å². The van der Waals surface area contributed by atoms with Gasteiger partial charge in [-0.15, -0.1) is 0 Å². The number of hydrogen-bond donors (Lipinski definition) is 1. The maximum absolute atomic E-state index is 13.1. The Morgan fingerprint density at radius 2 is 1.80 bits per heavy atom. The molecule has 5 rings (SSSR count). The molecule has 1 aliphatic heterocycles. The lowest BCUT2D eigenvalue weighted by Gasteiger charge is -2.41. The number of hydrogen-bond acceptors (Lipinski definition) is 4. The Morgan fingerprint density at radius 1 is 1.06 bits per heavy atom. The van der Waals surface area contributed by atoms with Crippen molar-refractivity contribution in [1.82, 2.24) is 10.1 Å². The molecule has 1 aliphatic rings. The number of benzene rings is 3. The smallest absolute Gasteiger partial charge is 0.341 e. The Bertz CT molecular complexity index is 1460. The maximum atomic E-state index is 13.1. The summed E-state index contributed by atoms with van der Waals surface area (Å²) in [4.78, 5) is 16.0. The third-order valence-corrected chi connectivity index (χ3v) is 6.79. The van der Waals surface area contributed by atoms with Crippen LogP contribution in [-0.2, 0) is 11.6 Å². The van der Waals surface area contributed by atoms with Crippen molar-refractivity contribution in [1.29, 1.82) is 0 Å². The molecule has 0 spiro atoms. The molecule has 0 fully saturated rings. The van der Waals surface area contributed by atoms with Crippen molar-refractivity contribution in [3.63, 3.8) is 0 Å². The van der Waals surface area contributed by atoms with Gasteiger partial charge in [-0.1, -0.05) is 60.9 Å². The maximum Gasteiger partial charge on any atom is 0.439 e. The van der Waals surface area contributed by atoms with Crippen LogP contribution in [0.5, 0.6) is 0 Å². The van der Waals surface area contributed by atoms with Crippen molar-refractivity contribution in [3.05, 3.63) is 87.4 Å². The Kier molecular flexibility index (Phi) is 5.51. The van der Waals surface area contributed by atoms with E-state index in [1.54, 1.807) is 12.1 Å². The van der Waals surface area contributed by atoms with Gasteiger partial charge in [0.1, 0.15) is 0 Å². The van der Waals surface area contributed by atoms with E-state index in [4.69, 9.17) is 11.6 Å². The molecule has 0 unspecified atom stereocenters. The molecule has 9 heteroatoms. The lowest BCUT2D eigenvalue weighted by Crippen LogP contribution is -2.35. The van der Waals surface area contributed by atoms with E-state index in [1.807, 2.05) is 18.2 Å². The highest BCUT2D eigenvalue weighted by Gasteiger charge is 2.34. The van der Waals surface area contributed by atoms with Gasteiger partial charge in [0, 0.05) is 23.4 Å². The standard InChI is InChI=1S/C26H21ClF3N3O2/c1-25(2)12-13-33(17-10-11-19(21(27)14-17)23-31-24(34)35-32-23)22-18(4-3-5-20(22)25)15-6-8-16(9-7-15)26(28,29)30/h3-11,14H,12-13H2,1-2H3,(H,31,32,34). The van der Waals surface area contributed by atoms with E-state index in [-0.39, 0.29) is 11.2 Å². The highest BCUT2D eigenvalue weighted by Crippen LogP contribution is 2.48. The summed E-state index contributed by atoms with van der Waals surface area (Å²) < 4.78 is 44.0. The second kappa shape index (κ2) is 8.30. The van der Waals surface area contributed by atoms with Gasteiger partial charge in [0.2, 0.25) is 0 Å². The van der Waals surface area contributed by atoms with Crippen LogP contribution in [0.1, 0.15) is 31.4 Å². The van der Waals surface area contributed by atoms with Crippen LogP contribution in [0.4, 0.5) is 24.5 Å². The largest absolute Gasteiger partial charge is 0.439 e. The summed E-state index contributed by atoms with van der Waals surface area (Å²) >= 11 is 6.56. The highest BCUT2D eigenvalue weighted by atomic mass is 35.5. The van der Waals surface area contributed by atoms with Gasteiger partial charge in [-0.25, -0.2) is 4.79 Å². The van der Waals surface area contributed by atoms with Crippen molar-refractivity contribution in [3.8, 4) is 22.5 Å². The molecule has 180 valence electrons. The second-order valence-electron chi connectivity index (χ2n) is 9.17. The number of H-pyrrole nitrogens is 1. The zero-order valence-electron chi connectivity index (χ0n) is 18.9. The fraction of sp³-hybridized carbons (Fsp3) is 0.231. The number of para-hydroxylation sites is 1. The monoisotopic (exact) mass is 499 g/mol. The SMILES string of the molecule is CC1(C)CCN(c2ccc(-c3noc(=O)[nH]3)c(Cl)c2)c2c(-c3ccc(C(F)(F)F)cc3)cccc21. The summed E-state index contributed by atoms with van der Waals surface area (Å²) in [5.41, 5.74) is 4.10. The number of nitrogens with one attached hydrogen (secondary N) is 1. The average molecular weight is 500 g/mol. The van der Waals surface area contributed by atoms with Crippen LogP contribution in [0, 0.1) is 0 Å². The van der Waals surface area contributed by atoms with Crippen molar-refractivity contribution >= 4 is 23.0 Å². The van der Waals surface area contributed by atoms with Crippen molar-refractivity contribution in [2.45, 2.75) is 31.9 Å². The molecule has 3 aromatic carbocycles. The fourth-order valence-electron chi connectivity index (χ4n) is 4.56. The lowest BCUT2D eigenvalue weighted by atomic mass is 9.76. The number of nitrogens with zero attached hydrogens (tertiary/aromatic N) is 2. The summed E-state index contributed by atoms with van der Waals surface area (Å²) in [5.74, 6) is -0.439. The first-order valence-electron chi connectivity index (χ1n) is 11.0. The summed E-state index contributed by atoms with van der Waals surface area (Å²) in [6.07, 6.45) is -3.53. The molecule has 0 saturated heterocycles. The van der Waals surface area contributed by atoms with E-state index < -0.39 is 17.5 Å². The topological polar surface area (TPSA) is 62.1 Å². The minimum Gasteiger partial charge on any atom is -0.341 e. The Morgan fingerprint density at radius 3 is 2.43 bits per heavy atom. The molecule has 0 radical (unpaired) electrons. The number of alkyl halides is 3. The number of fused-ring (bicyclic) bond motifs is 1. The third-order valence-electron chi connectivity index (χ3n) is 6.48. The van der Waals surface area contributed by atoms with Gasteiger partial charge in [0.15, 0.2) is 5.82 Å². The molecule has 4 aromatic rings. The quantitative estimate of drug-likeness (QED) is 0.324. The first kappa shape index (κ1) is 23.2. The van der Waals surface area contributed by atoms with Gasteiger partial charge in [-0.2, -0.15) is 13.2 Å². The van der Waals surface area contributed by atoms with Crippen LogP contribution in [-0.4, -0.2) is 16.7 Å². The van der Waals surface area contributed by atoms with Crippen LogP contribution in [0.25, 0.3) is 22.5 Å². The first-order chi connectivity index (χ1) is 16.5. The summed E-state index contributed by atoms with van der Waals surface area (Å²) in [7, 11) is 0. The molecule has 0 bridgehead atoms. The van der Waals surface area contributed by atoms with E-state index in [1.165, 1.54) is 12.1 Å². The molecule has 2 heterocycles. The lowest BCUT2D eigenvalue weighted by molar-refractivity contribution is -0.137. The molecule has 1 N–H and O–H groups in total. The Balaban J connectivity index is 1.63. The summed E-state index contributed by atoms with van der Waals surface area (Å²) in [6, 6.07) is 16.6. The van der Waals surface area contributed by atoms with E-state index in [2.05, 4.69) is 39.5 Å². The van der Waals surface area contributed by atoms with Gasteiger partial charge in [-0.3, -0.25) is 9.51 Å². The molecule has 35 heavy (non-hydrogen) atoms. The van der Waals surface area contributed by atoms with E-state index in [0.29, 0.717) is 22.7 Å². The van der Waals surface area contributed by atoms with Crippen molar-refractivity contribution in [2.24, 2.45) is 0 Å². The minimum atomic E-state index is -4.39. The number of aromatic amines is 1. The van der Waals surface area contributed by atoms with Gasteiger partial charge < -0.3 is 4.90 Å². The Hall–Kier alpha value is -3.52. The summed E-state index contributed by atoms with van der Waals surface area (Å²) in [5, 5.41) is 4.08. The van der Waals surface area contributed by atoms with Gasteiger partial charge in [0.05, 0.1) is 16.3 Å². The van der Waals surface area contributed by atoms with Crippen LogP contribution in [0.2, 0.25) is 5.02 Å². The zero-order valence-corrected chi connectivity index (χ0v) is 19.7. The Labute approximate surface area is 204 Å². The van der Waals surface area contributed by atoms with Crippen molar-refractivity contribution < 1.29 is 17.7 Å².